The van der Waals surface area contributed by atoms with Crippen molar-refractivity contribution in [3.8, 4) is 28.7 Å². The molecular weight excluding hydrogens is 723 g/mol. The Morgan fingerprint density at radius 1 is 0.554 bits per heavy atom. The topological polar surface area (TPSA) is 83.3 Å². The summed E-state index contributed by atoms with van der Waals surface area (Å²) in [5, 5.41) is 9.81. The van der Waals surface area contributed by atoms with Gasteiger partial charge in [0.15, 0.2) is 0 Å². The molecule has 0 aliphatic rings. The van der Waals surface area contributed by atoms with Gasteiger partial charge in [-0.3, -0.25) is 0 Å². The minimum Gasteiger partial charge on any atom is -0.495 e. The number of halogens is 2. The zero-order chi connectivity index (χ0) is 38.5. The third kappa shape index (κ3) is 10.4. The molecule has 0 bridgehead atoms. The summed E-state index contributed by atoms with van der Waals surface area (Å²) in [5.41, 5.74) is 6.66. The second kappa shape index (κ2) is 19.0. The molecule has 0 saturated heterocycles. The largest absolute Gasteiger partial charge is 0.495 e. The third-order valence-corrected chi connectivity index (χ3v) is 9.62. The summed E-state index contributed by atoms with van der Waals surface area (Å²) in [6, 6.07) is 44.6. The number of hydrogen-bond donors (Lipinski definition) is 4. The standard InChI is InChI=1S/C24H23ClN2O2.C23H21FN2O/c1-28-24-13-21-18(16-27-23(21)14-22(24)25)10-11-26-15-17-6-5-9-20(12-17)29-19-7-3-2-4-8-19;24-19-9-10-22-18(16-26-23(22)14-19)11-12-25-15-17-5-4-8-21(13-17)27-20-6-2-1-3-7-20/h2-9,12-14,16,26-27H,10-11,15H2,1H3;1-10,13-14,16,25-26H,11-12,15H2. The summed E-state index contributed by atoms with van der Waals surface area (Å²) in [5.74, 6) is 3.83. The van der Waals surface area contributed by atoms with Crippen LogP contribution in [0.1, 0.15) is 22.3 Å². The first-order valence-corrected chi connectivity index (χ1v) is 19.0. The van der Waals surface area contributed by atoms with Crippen molar-refractivity contribution in [2.45, 2.75) is 25.9 Å². The van der Waals surface area contributed by atoms with E-state index in [0.717, 1.165) is 83.8 Å². The lowest BCUT2D eigenvalue weighted by atomic mass is 10.1. The van der Waals surface area contributed by atoms with Gasteiger partial charge in [0.1, 0.15) is 34.6 Å². The van der Waals surface area contributed by atoms with E-state index in [1.165, 1.54) is 34.4 Å². The molecule has 0 spiro atoms. The van der Waals surface area contributed by atoms with E-state index in [2.05, 4.69) is 44.9 Å². The molecule has 8 rings (SSSR count). The number of ether oxygens (including phenoxy) is 3. The third-order valence-electron chi connectivity index (χ3n) is 9.32. The van der Waals surface area contributed by atoms with Gasteiger partial charge in [-0.15, -0.1) is 0 Å². The Labute approximate surface area is 331 Å². The number of methoxy groups -OCH3 is 1. The summed E-state index contributed by atoms with van der Waals surface area (Å²) < 4.78 is 30.4. The van der Waals surface area contributed by atoms with E-state index < -0.39 is 0 Å². The minimum atomic E-state index is -0.216. The summed E-state index contributed by atoms with van der Waals surface area (Å²) >= 11 is 6.20. The highest BCUT2D eigenvalue weighted by Gasteiger charge is 2.09. The van der Waals surface area contributed by atoms with Crippen LogP contribution in [0.15, 0.2) is 152 Å². The van der Waals surface area contributed by atoms with Gasteiger partial charge in [0.2, 0.25) is 0 Å². The van der Waals surface area contributed by atoms with Gasteiger partial charge >= 0.3 is 0 Å². The fourth-order valence-corrected chi connectivity index (χ4v) is 6.75. The summed E-state index contributed by atoms with van der Waals surface area (Å²) in [4.78, 5) is 6.42. The first kappa shape index (κ1) is 38.2. The number of aromatic nitrogens is 2. The van der Waals surface area contributed by atoms with Gasteiger partial charge in [0.25, 0.3) is 0 Å². The average molecular weight is 767 g/mol. The SMILES string of the molecule is COc1cc2c(CCNCc3cccc(Oc4ccccc4)c3)c[nH]c2cc1Cl.Fc1ccc2c(CCNCc3cccc(Oc4ccccc4)c3)c[nH]c2c1. The molecule has 0 amide bonds. The minimum absolute atomic E-state index is 0.216. The maximum absolute atomic E-state index is 13.3. The van der Waals surface area contributed by atoms with Gasteiger partial charge in [-0.1, -0.05) is 72.3 Å². The predicted molar refractivity (Wildman–Crippen MR) is 225 cm³/mol. The zero-order valence-corrected chi connectivity index (χ0v) is 31.9. The monoisotopic (exact) mass is 766 g/mol. The summed E-state index contributed by atoms with van der Waals surface area (Å²) in [6.07, 6.45) is 5.79. The van der Waals surface area contributed by atoms with E-state index in [0.29, 0.717) is 10.8 Å². The molecular formula is C47H44ClFN4O3. The summed E-state index contributed by atoms with van der Waals surface area (Å²) in [7, 11) is 1.64. The van der Waals surface area contributed by atoms with E-state index in [1.54, 1.807) is 7.11 Å². The van der Waals surface area contributed by atoms with Gasteiger partial charge in [0.05, 0.1) is 12.1 Å². The van der Waals surface area contributed by atoms with Crippen LogP contribution in [-0.4, -0.2) is 30.2 Å². The van der Waals surface area contributed by atoms with Crippen LogP contribution >= 0.6 is 11.6 Å². The van der Waals surface area contributed by atoms with E-state index >= 15 is 0 Å². The first-order chi connectivity index (χ1) is 27.5. The Morgan fingerprint density at radius 2 is 1.07 bits per heavy atom. The first-order valence-electron chi connectivity index (χ1n) is 18.6. The number of nitrogens with one attached hydrogen (secondary N) is 4. The van der Waals surface area contributed by atoms with Crippen molar-refractivity contribution in [3.05, 3.63) is 185 Å². The lowest BCUT2D eigenvalue weighted by Crippen LogP contribution is -2.16. The molecule has 0 unspecified atom stereocenters. The van der Waals surface area contributed by atoms with E-state index in [-0.39, 0.29) is 5.82 Å². The fraction of sp³-hybridized carbons (Fsp3) is 0.149. The molecule has 284 valence electrons. The normalized spacial score (nSPS) is 11.0. The van der Waals surface area contributed by atoms with Gasteiger partial charge < -0.3 is 34.8 Å². The van der Waals surface area contributed by atoms with Gasteiger partial charge in [0, 0.05) is 47.3 Å². The molecule has 2 aromatic heterocycles. The van der Waals surface area contributed by atoms with Gasteiger partial charge in [-0.2, -0.15) is 0 Å². The van der Waals surface area contributed by atoms with Crippen molar-refractivity contribution in [2.24, 2.45) is 0 Å². The lowest BCUT2D eigenvalue weighted by Gasteiger charge is -2.09. The van der Waals surface area contributed by atoms with Crippen LogP contribution in [0.3, 0.4) is 0 Å². The molecule has 4 N–H and O–H groups in total. The van der Waals surface area contributed by atoms with Crippen LogP contribution in [0.2, 0.25) is 5.02 Å². The van der Waals surface area contributed by atoms with Gasteiger partial charge in [-0.05, 0) is 127 Å². The number of para-hydroxylation sites is 2. The molecule has 0 atom stereocenters. The zero-order valence-electron chi connectivity index (χ0n) is 31.2. The molecule has 0 radical (unpaired) electrons. The second-order valence-corrected chi connectivity index (χ2v) is 13.7. The lowest BCUT2D eigenvalue weighted by molar-refractivity contribution is 0.415. The highest BCUT2D eigenvalue weighted by molar-refractivity contribution is 6.32. The number of rotatable bonds is 15. The van der Waals surface area contributed by atoms with Crippen LogP contribution < -0.4 is 24.8 Å². The number of H-pyrrole nitrogens is 2. The molecule has 0 saturated carbocycles. The van der Waals surface area contributed by atoms with Crippen LogP contribution in [-0.2, 0) is 25.9 Å². The van der Waals surface area contributed by atoms with Crippen molar-refractivity contribution in [1.29, 1.82) is 0 Å². The molecule has 0 fully saturated rings. The maximum atomic E-state index is 13.3. The smallest absolute Gasteiger partial charge is 0.138 e. The summed E-state index contributed by atoms with van der Waals surface area (Å²) in [6.45, 7) is 3.25. The fourth-order valence-electron chi connectivity index (χ4n) is 6.51. The van der Waals surface area contributed by atoms with Crippen LogP contribution in [0, 0.1) is 5.82 Å². The predicted octanol–water partition coefficient (Wildman–Crippen LogP) is 11.4. The average Bonchev–Trinajstić information content (AvgIpc) is 3.81. The van der Waals surface area contributed by atoms with Crippen LogP contribution in [0.5, 0.6) is 28.7 Å². The van der Waals surface area contributed by atoms with Crippen molar-refractivity contribution >= 4 is 33.4 Å². The van der Waals surface area contributed by atoms with Crippen molar-refractivity contribution in [2.75, 3.05) is 20.2 Å². The number of benzene rings is 6. The highest BCUT2D eigenvalue weighted by Crippen LogP contribution is 2.31. The highest BCUT2D eigenvalue weighted by atomic mass is 35.5. The Balaban J connectivity index is 0.000000172. The molecule has 0 aliphatic carbocycles. The molecule has 2 heterocycles. The van der Waals surface area contributed by atoms with E-state index in [9.17, 15) is 4.39 Å². The number of hydrogen-bond acceptors (Lipinski definition) is 5. The Kier molecular flexibility index (Phi) is 13.0. The van der Waals surface area contributed by atoms with E-state index in [1.807, 2.05) is 116 Å². The molecule has 6 aromatic carbocycles. The van der Waals surface area contributed by atoms with Gasteiger partial charge in [-0.25, -0.2) is 4.39 Å². The quantitative estimate of drug-likeness (QED) is 0.0781. The number of fused-ring (bicyclic) bond motifs is 2. The molecule has 56 heavy (non-hydrogen) atoms. The Bertz CT molecular complexity index is 2470. The van der Waals surface area contributed by atoms with E-state index in [4.69, 9.17) is 25.8 Å². The molecule has 7 nitrogen and oxygen atoms in total. The Morgan fingerprint density at radius 3 is 1.62 bits per heavy atom. The maximum Gasteiger partial charge on any atom is 0.138 e. The van der Waals surface area contributed by atoms with Crippen molar-refractivity contribution < 1.29 is 18.6 Å². The Hall–Kier alpha value is -6.06. The molecule has 0 aliphatic heterocycles. The van der Waals surface area contributed by atoms with Crippen LogP contribution in [0.4, 0.5) is 4.39 Å². The number of aromatic amines is 2. The van der Waals surface area contributed by atoms with Crippen molar-refractivity contribution in [3.63, 3.8) is 0 Å². The molecule has 8 aromatic rings. The molecule has 9 heteroatoms. The van der Waals surface area contributed by atoms with Crippen molar-refractivity contribution in [1.82, 2.24) is 20.6 Å². The second-order valence-electron chi connectivity index (χ2n) is 13.3. The van der Waals surface area contributed by atoms with Crippen LogP contribution in [0.25, 0.3) is 21.8 Å².